The number of nitrogen functional groups attached to an aromatic ring is 1. The van der Waals surface area contributed by atoms with E-state index < -0.39 is 0 Å². The fraction of sp³-hybridized carbons (Fsp3) is 0.133. The van der Waals surface area contributed by atoms with E-state index in [9.17, 15) is 4.39 Å². The fourth-order valence-electron chi connectivity index (χ4n) is 2.19. The molecule has 3 rings (SSSR count). The molecule has 0 aliphatic carbocycles. The van der Waals surface area contributed by atoms with E-state index in [0.717, 1.165) is 10.6 Å². The van der Waals surface area contributed by atoms with Crippen LogP contribution >= 0.6 is 11.3 Å². The molecule has 0 fully saturated rings. The van der Waals surface area contributed by atoms with Gasteiger partial charge < -0.3 is 10.5 Å². The van der Waals surface area contributed by atoms with E-state index in [4.69, 9.17) is 10.5 Å². The van der Waals surface area contributed by atoms with Crippen molar-refractivity contribution < 1.29 is 9.13 Å². The highest BCUT2D eigenvalue weighted by Crippen LogP contribution is 2.40. The van der Waals surface area contributed by atoms with Crippen LogP contribution in [0.4, 0.5) is 10.2 Å². The van der Waals surface area contributed by atoms with Crippen molar-refractivity contribution in [2.75, 3.05) is 12.8 Å². The van der Waals surface area contributed by atoms with Gasteiger partial charge in [0.05, 0.1) is 17.6 Å². The van der Waals surface area contributed by atoms with Gasteiger partial charge in [-0.3, -0.25) is 4.68 Å². The van der Waals surface area contributed by atoms with E-state index in [1.165, 1.54) is 17.4 Å². The van der Waals surface area contributed by atoms with Crippen molar-refractivity contribution in [3.63, 3.8) is 0 Å². The van der Waals surface area contributed by atoms with Gasteiger partial charge in [-0.15, -0.1) is 11.3 Å². The van der Waals surface area contributed by atoms with Gasteiger partial charge in [-0.25, -0.2) is 4.39 Å². The first-order chi connectivity index (χ1) is 10.1. The number of hydrogen-bond acceptors (Lipinski definition) is 4. The van der Waals surface area contributed by atoms with Gasteiger partial charge in [0, 0.05) is 24.1 Å². The lowest BCUT2D eigenvalue weighted by atomic mass is 10.0. The van der Waals surface area contributed by atoms with E-state index in [-0.39, 0.29) is 5.82 Å². The number of hydrogen-bond donors (Lipinski definition) is 1. The van der Waals surface area contributed by atoms with Crippen LogP contribution in [0.25, 0.3) is 21.7 Å². The summed E-state index contributed by atoms with van der Waals surface area (Å²) in [5.74, 6) is 0.864. The van der Waals surface area contributed by atoms with Crippen molar-refractivity contribution in [2.45, 2.75) is 0 Å². The van der Waals surface area contributed by atoms with Crippen LogP contribution in [0.2, 0.25) is 0 Å². The second kappa shape index (κ2) is 5.21. The molecule has 0 amide bonds. The lowest BCUT2D eigenvalue weighted by molar-refractivity contribution is 0.417. The third-order valence-corrected chi connectivity index (χ3v) is 4.19. The molecular weight excluding hydrogens is 289 g/mol. The molecule has 2 aromatic heterocycles. The summed E-state index contributed by atoms with van der Waals surface area (Å²) in [6.07, 6.45) is 0. The number of methoxy groups -OCH3 is 1. The van der Waals surface area contributed by atoms with E-state index >= 15 is 0 Å². The highest BCUT2D eigenvalue weighted by atomic mass is 32.1. The van der Waals surface area contributed by atoms with Gasteiger partial charge in [-0.05, 0) is 6.07 Å². The molecule has 0 aliphatic rings. The molecule has 108 valence electrons. The zero-order valence-corrected chi connectivity index (χ0v) is 12.4. The molecule has 0 unspecified atom stereocenters. The molecule has 0 atom stereocenters. The van der Waals surface area contributed by atoms with Gasteiger partial charge in [0.25, 0.3) is 0 Å². The van der Waals surface area contributed by atoms with Crippen LogP contribution in [0, 0.1) is 5.82 Å². The summed E-state index contributed by atoms with van der Waals surface area (Å²) in [6, 6.07) is 8.43. The summed E-state index contributed by atoms with van der Waals surface area (Å²) in [6.45, 7) is 0. The van der Waals surface area contributed by atoms with Crippen molar-refractivity contribution >= 4 is 17.2 Å². The van der Waals surface area contributed by atoms with Crippen molar-refractivity contribution in [2.24, 2.45) is 7.05 Å². The number of anilines is 1. The Balaban J connectivity index is 2.23. The van der Waals surface area contributed by atoms with E-state index in [1.807, 2.05) is 11.4 Å². The van der Waals surface area contributed by atoms with Gasteiger partial charge in [0.2, 0.25) is 0 Å². The minimum Gasteiger partial charge on any atom is -0.496 e. The summed E-state index contributed by atoms with van der Waals surface area (Å²) >= 11 is 1.49. The number of rotatable bonds is 3. The first-order valence-electron chi connectivity index (χ1n) is 6.32. The molecule has 0 spiro atoms. The number of thiophene rings is 1. The largest absolute Gasteiger partial charge is 0.496 e. The number of nitrogens with two attached hydrogens (primary N) is 1. The highest BCUT2D eigenvalue weighted by molar-refractivity contribution is 7.13. The summed E-state index contributed by atoms with van der Waals surface area (Å²) < 4.78 is 20.9. The molecule has 2 N–H and O–H groups in total. The van der Waals surface area contributed by atoms with Crippen LogP contribution < -0.4 is 10.5 Å². The quantitative estimate of drug-likeness (QED) is 0.805. The Morgan fingerprint density at radius 1 is 1.33 bits per heavy atom. The number of ether oxygens (including phenoxy) is 1. The van der Waals surface area contributed by atoms with Crippen LogP contribution in [-0.2, 0) is 7.05 Å². The predicted octanol–water partition coefficient (Wildman–Crippen LogP) is 3.55. The number of nitrogens with zero attached hydrogens (tertiary/aromatic N) is 2. The monoisotopic (exact) mass is 303 g/mol. The van der Waals surface area contributed by atoms with E-state index in [1.54, 1.807) is 37.0 Å². The Morgan fingerprint density at radius 2 is 2.10 bits per heavy atom. The Hall–Kier alpha value is -2.34. The molecular formula is C15H14FN3OS. The number of aromatic nitrogens is 2. The van der Waals surface area contributed by atoms with Gasteiger partial charge >= 0.3 is 0 Å². The topological polar surface area (TPSA) is 53.1 Å². The summed E-state index contributed by atoms with van der Waals surface area (Å²) in [7, 11) is 3.35. The van der Waals surface area contributed by atoms with Crippen molar-refractivity contribution in [3.05, 3.63) is 41.5 Å². The Bertz CT molecular complexity index is 794. The SMILES string of the molecule is COc1csc(-c2nn(C)c(N)c2-c2ccccc2F)c1. The lowest BCUT2D eigenvalue weighted by Gasteiger charge is -2.04. The zero-order valence-electron chi connectivity index (χ0n) is 11.6. The normalized spacial score (nSPS) is 10.8. The van der Waals surface area contributed by atoms with Crippen LogP contribution in [0.3, 0.4) is 0 Å². The first kappa shape index (κ1) is 13.6. The maximum atomic E-state index is 14.1. The zero-order chi connectivity index (χ0) is 15.0. The van der Waals surface area contributed by atoms with Gasteiger partial charge in [0.15, 0.2) is 0 Å². The summed E-state index contributed by atoms with van der Waals surface area (Å²) in [5.41, 5.74) is 7.81. The molecule has 3 aromatic rings. The van der Waals surface area contributed by atoms with Gasteiger partial charge in [0.1, 0.15) is 23.1 Å². The molecule has 0 aliphatic heterocycles. The van der Waals surface area contributed by atoms with E-state index in [0.29, 0.717) is 22.6 Å². The van der Waals surface area contributed by atoms with Crippen molar-refractivity contribution in [1.82, 2.24) is 9.78 Å². The summed E-state index contributed by atoms with van der Waals surface area (Å²) in [5, 5.41) is 6.31. The number of aryl methyl sites for hydroxylation is 1. The average molecular weight is 303 g/mol. The second-order valence-corrected chi connectivity index (χ2v) is 5.47. The molecule has 1 aromatic carbocycles. The molecule has 21 heavy (non-hydrogen) atoms. The molecule has 0 radical (unpaired) electrons. The van der Waals surface area contributed by atoms with Crippen molar-refractivity contribution in [1.29, 1.82) is 0 Å². The van der Waals surface area contributed by atoms with Gasteiger partial charge in [-0.2, -0.15) is 5.10 Å². The molecule has 0 bridgehead atoms. The predicted molar refractivity (Wildman–Crippen MR) is 82.9 cm³/mol. The van der Waals surface area contributed by atoms with Crippen molar-refractivity contribution in [3.8, 4) is 27.4 Å². The molecule has 4 nitrogen and oxygen atoms in total. The maximum absolute atomic E-state index is 14.1. The molecule has 2 heterocycles. The molecule has 0 saturated carbocycles. The average Bonchev–Trinajstić information content (AvgIpc) is 3.06. The van der Waals surface area contributed by atoms with Gasteiger partial charge in [-0.1, -0.05) is 18.2 Å². The second-order valence-electron chi connectivity index (χ2n) is 4.56. The molecule has 6 heteroatoms. The minimum atomic E-state index is -0.318. The minimum absolute atomic E-state index is 0.318. The van der Waals surface area contributed by atoms with Crippen LogP contribution in [0.5, 0.6) is 5.75 Å². The standard InChI is InChI=1S/C15H14FN3OS/c1-19-15(17)13(10-5-3-4-6-11(10)16)14(18-19)12-7-9(20-2)8-21-12/h3-8H,17H2,1-2H3. The number of halogens is 1. The third-order valence-electron chi connectivity index (χ3n) is 3.28. The van der Waals surface area contributed by atoms with Crippen LogP contribution in [-0.4, -0.2) is 16.9 Å². The van der Waals surface area contributed by atoms with Crippen LogP contribution in [0.15, 0.2) is 35.7 Å². The van der Waals surface area contributed by atoms with E-state index in [2.05, 4.69) is 5.10 Å². The Labute approximate surface area is 125 Å². The Kier molecular flexibility index (Phi) is 3.39. The fourth-order valence-corrected chi connectivity index (χ4v) is 3.04. The first-order valence-corrected chi connectivity index (χ1v) is 7.20. The van der Waals surface area contributed by atoms with Crippen LogP contribution in [0.1, 0.15) is 0 Å². The summed E-state index contributed by atoms with van der Waals surface area (Å²) in [4.78, 5) is 0.886. The number of benzene rings is 1. The highest BCUT2D eigenvalue weighted by Gasteiger charge is 2.21. The molecule has 0 saturated heterocycles. The smallest absolute Gasteiger partial charge is 0.131 e. The Morgan fingerprint density at radius 3 is 2.76 bits per heavy atom. The maximum Gasteiger partial charge on any atom is 0.131 e. The third kappa shape index (κ3) is 2.27. The lowest BCUT2D eigenvalue weighted by Crippen LogP contribution is -1.98.